The van der Waals surface area contributed by atoms with Crippen LogP contribution in [-0.4, -0.2) is 179 Å². The number of cyclic esters (lactones) is 2. The normalized spacial score (nSPS) is 12.0. The second-order valence-electron chi connectivity index (χ2n) is 36.1. The third-order valence-corrected chi connectivity index (χ3v) is 25.7. The number of carbonyl (C=O) groups excluding carboxylic acids is 6. The van der Waals surface area contributed by atoms with E-state index in [1.165, 1.54) is 81.8 Å². The van der Waals surface area contributed by atoms with Crippen LogP contribution >= 0.6 is 0 Å². The number of Topliss-reactive ketones (excluding diaryl/α,β-unsaturated/α-hetero) is 2. The Labute approximate surface area is 904 Å². The van der Waals surface area contributed by atoms with Crippen LogP contribution in [0, 0.1) is 27.7 Å². The summed E-state index contributed by atoms with van der Waals surface area (Å²) < 4.78 is 23.7. The van der Waals surface area contributed by atoms with Crippen LogP contribution in [0.1, 0.15) is 194 Å². The summed E-state index contributed by atoms with van der Waals surface area (Å²) >= 11 is 0. The summed E-state index contributed by atoms with van der Waals surface area (Å²) in [5.41, 5.74) is 30.0. The van der Waals surface area contributed by atoms with Crippen LogP contribution < -0.4 is 49.2 Å². The second kappa shape index (κ2) is 67.8. The van der Waals surface area contributed by atoms with Gasteiger partial charge in [-0.05, 0) is 385 Å². The molecule has 0 unspecified atom stereocenters. The summed E-state index contributed by atoms with van der Waals surface area (Å²) in [4.78, 5) is 78.7. The maximum absolute atomic E-state index is 11.8. The average molecular weight is 2020 g/mol. The first kappa shape index (κ1) is 125. The summed E-state index contributed by atoms with van der Waals surface area (Å²) in [7, 11) is 2.80. The quantitative estimate of drug-likeness (QED) is 0.00896. The summed E-state index contributed by atoms with van der Waals surface area (Å²) in [5.74, 6) is -1.67. The average Bonchev–Trinajstić information content (AvgIpc) is 1.68. The van der Waals surface area contributed by atoms with E-state index in [0.717, 1.165) is 213 Å². The maximum atomic E-state index is 11.8. The zero-order valence-corrected chi connectivity index (χ0v) is 89.1. The number of aliphatic hydroxyl groups excluding tert-OH is 6. The van der Waals surface area contributed by atoms with E-state index >= 15 is 0 Å². The number of aryl methyl sites for hydroxylation is 12. The van der Waals surface area contributed by atoms with Gasteiger partial charge in [-0.15, -0.1) is 0 Å². The molecule has 148 heavy (non-hydrogen) atoms. The molecule has 0 bridgehead atoms. The van der Waals surface area contributed by atoms with Crippen molar-refractivity contribution in [3.05, 3.63) is 334 Å². The number of anilines is 12. The Balaban J connectivity index is 0.000000415. The molecule has 3 saturated heterocycles. The van der Waals surface area contributed by atoms with E-state index in [-0.39, 0.29) is 130 Å². The molecule has 3 aliphatic rings. The topological polar surface area (TPSA) is 286 Å². The molecule has 6 N–H and O–H groups in total. The molecule has 15 rings (SSSR count). The second-order valence-corrected chi connectivity index (χ2v) is 36.1. The molecule has 12 aromatic carbocycles. The Morgan fingerprint density at radius 2 is 0.500 bits per heavy atom. The van der Waals surface area contributed by atoms with Crippen LogP contribution in [0.5, 0.6) is 0 Å². The van der Waals surface area contributed by atoms with E-state index in [1.807, 2.05) is 72.8 Å². The van der Waals surface area contributed by atoms with E-state index in [0.29, 0.717) is 38.5 Å². The number of rotatable bonds is 43. The Morgan fingerprint density at radius 1 is 0.304 bits per heavy atom. The Morgan fingerprint density at radius 3 is 0.642 bits per heavy atom. The number of methoxy groups -OCH3 is 2. The fourth-order valence-electron chi connectivity index (χ4n) is 17.2. The van der Waals surface area contributed by atoms with Gasteiger partial charge >= 0.3 is 53.4 Å². The van der Waals surface area contributed by atoms with Gasteiger partial charge in [0.25, 0.3) is 0 Å². The fraction of sp³-hybridized carbons (Fsp3) is 0.371. The van der Waals surface area contributed by atoms with Crippen molar-refractivity contribution < 1.29 is 114 Å². The van der Waals surface area contributed by atoms with Gasteiger partial charge in [0.05, 0.1) is 27.1 Å². The number of hydrogen-bond donors (Lipinski definition) is 6. The number of nitrogens with zero attached hydrogens (tertiary/aromatic N) is 5. The van der Waals surface area contributed by atoms with Gasteiger partial charge in [0, 0.05) is 155 Å². The van der Waals surface area contributed by atoms with Crippen molar-refractivity contribution in [2.45, 2.75) is 205 Å². The number of ketones is 2. The maximum Gasteiger partial charge on any atom is 1.00 e. The van der Waals surface area contributed by atoms with Gasteiger partial charge < -0.3 is 80.2 Å². The zero-order valence-electron chi connectivity index (χ0n) is 88.1. The molecule has 3 radical (unpaired) electrons. The van der Waals surface area contributed by atoms with E-state index in [9.17, 15) is 59.4 Å². The number of benzene rings is 12. The van der Waals surface area contributed by atoms with E-state index in [2.05, 4.69) is 272 Å². The third-order valence-electron chi connectivity index (χ3n) is 25.7. The standard InChI is InChI=1S/C54H56N2O8.C50H56N2O4.C6H15N.C4H4O3.2C4H8O.2CH4.B.Na.H/c1-37-33-43(17-29-51(37)55(45-19-5-39(6-20-45)13-27-49(59)35-57)46-21-7-40(8-22-46)14-28-50(60)36-58)44-18-30-52(38(2)34-44)56(47-23-9-41(10-24-47)15-31-53(61)63-3)48-25-11-42(12-26-48)16-32-54(62)64-4;1-37-35-43(19-29-49(37)51(45-21-11-39(12-22-45)7-3-31-53)46-23-13-40(14-24-46)8-4-32-54)44-20-30-50(38(2)36-44)52(47-25-15-41(16-26-47)9-5-33-55)48-27-17-42(18-28-48)10-6-34-56;1-4-7(5-2)6-3;5-3-1-2-4(6)7-3;2*1-2-4-5-3-1;;;;;/h5-12,17-26,29-30,33-34,57-58H,13-16,27-28,31-32,35-36H2,1-4H3;11-30,35-36,53-56H,3-10,31-34H2,1-2H3;4-6H2,1-3H3;1-2H2;2*1-4H2;2*1H4;;;/q;;;;;;;;;+1;-1. The van der Waals surface area contributed by atoms with Crippen molar-refractivity contribution in [1.29, 1.82) is 0 Å². The first-order chi connectivity index (χ1) is 70.0. The van der Waals surface area contributed by atoms with E-state index < -0.39 is 25.2 Å². The SMILES string of the molecule is C.C.C1CCOC1.C1CCOC1.CCN(CC)CC.COC(=O)CCc1ccc(N(c2ccc(CCC(=O)OC)cc2)c2ccc(-c3ccc(N(c4ccc(CCC(=O)CO)cc4)c4ccc(CCC(=O)CO)cc4)c(C)c3)cc2C)cc1.Cc1cc(-c2ccc(N(c3ccc(CCCO)cc3)c3ccc(CCCO)cc3)c(C)c2)ccc1N(c1ccc(CCCO)cc1)c1ccc(CCCO)cc1.O=C1CCC(=O)O1.[B].[H-].[Na+]. The van der Waals surface area contributed by atoms with Crippen LogP contribution in [0.25, 0.3) is 22.3 Å². The smallest absolute Gasteiger partial charge is 1.00 e. The van der Waals surface area contributed by atoms with Crippen molar-refractivity contribution in [2.75, 3.05) is 120 Å². The molecule has 0 amide bonds. The summed E-state index contributed by atoms with van der Waals surface area (Å²) in [6, 6.07) is 93.5. The molecule has 783 valence electrons. The minimum atomic E-state index is -0.458. The van der Waals surface area contributed by atoms with E-state index in [1.54, 1.807) is 0 Å². The van der Waals surface area contributed by atoms with Crippen LogP contribution in [0.15, 0.2) is 267 Å². The Kier molecular flexibility index (Phi) is 57.1. The number of carbonyl (C=O) groups is 6. The van der Waals surface area contributed by atoms with Crippen molar-refractivity contribution in [1.82, 2.24) is 4.90 Å². The van der Waals surface area contributed by atoms with Crippen LogP contribution in [0.2, 0.25) is 0 Å². The number of aliphatic hydroxyl groups is 6. The predicted octanol–water partition coefficient (Wildman–Crippen LogP) is 21.5. The first-order valence-corrected chi connectivity index (χ1v) is 50.8. The Bertz CT molecular complexity index is 5340. The number of esters is 4. The van der Waals surface area contributed by atoms with Gasteiger partial charge in [-0.3, -0.25) is 28.8 Å². The number of hydrogen-bond acceptors (Lipinski definition) is 22. The molecule has 24 heteroatoms. The molecule has 3 heterocycles. The van der Waals surface area contributed by atoms with Gasteiger partial charge in [0.15, 0.2) is 11.6 Å². The van der Waals surface area contributed by atoms with Gasteiger partial charge in [-0.1, -0.05) is 157 Å². The Hall–Kier alpha value is -12.0. The van der Waals surface area contributed by atoms with Crippen molar-refractivity contribution in [3.63, 3.8) is 0 Å². The van der Waals surface area contributed by atoms with Crippen LogP contribution in [0.3, 0.4) is 0 Å². The van der Waals surface area contributed by atoms with Crippen molar-refractivity contribution >= 4 is 112 Å². The molecule has 0 saturated carbocycles. The molecule has 12 aromatic rings. The monoisotopic (exact) mass is 2020 g/mol. The fourth-order valence-corrected chi connectivity index (χ4v) is 17.2. The molecule has 0 aliphatic carbocycles. The van der Waals surface area contributed by atoms with E-state index in [4.69, 9.17) is 18.9 Å². The molecular weight excluding hydrogens is 1870 g/mol. The minimum Gasteiger partial charge on any atom is -1.00 e. The zero-order chi connectivity index (χ0) is 103. The molecule has 0 aromatic heterocycles. The van der Waals surface area contributed by atoms with Gasteiger partial charge in [-0.2, -0.15) is 0 Å². The van der Waals surface area contributed by atoms with Crippen LogP contribution in [0.4, 0.5) is 68.2 Å². The third kappa shape index (κ3) is 39.5. The van der Waals surface area contributed by atoms with Crippen LogP contribution in [-0.2, 0) is 104 Å². The predicted molar refractivity (Wildman–Crippen MR) is 599 cm³/mol. The van der Waals surface area contributed by atoms with Crippen molar-refractivity contribution in [2.24, 2.45) is 0 Å². The molecule has 3 fully saturated rings. The largest absolute Gasteiger partial charge is 1.00 e. The number of ether oxygens (including phenoxy) is 5. The molecule has 0 atom stereocenters. The van der Waals surface area contributed by atoms with Crippen molar-refractivity contribution in [3.8, 4) is 22.3 Å². The molecule has 0 spiro atoms. The molecule has 3 aliphatic heterocycles. The van der Waals surface area contributed by atoms with Gasteiger partial charge in [0.2, 0.25) is 0 Å². The molecule has 22 nitrogen and oxygen atoms in total. The molecular formula is C124H156BN5NaO17. The minimum absolute atomic E-state index is 0. The summed E-state index contributed by atoms with van der Waals surface area (Å²) in [6.45, 7) is 22.5. The summed E-state index contributed by atoms with van der Waals surface area (Å²) in [6.07, 6.45) is 15.4. The summed E-state index contributed by atoms with van der Waals surface area (Å²) in [5, 5.41) is 55.8. The van der Waals surface area contributed by atoms with Gasteiger partial charge in [0.1, 0.15) is 13.2 Å². The first-order valence-electron chi connectivity index (χ1n) is 50.8. The van der Waals surface area contributed by atoms with Gasteiger partial charge in [-0.25, -0.2) is 0 Å².